The fourth-order valence-electron chi connectivity index (χ4n) is 2.63. The van der Waals surface area contributed by atoms with Gasteiger partial charge in [0.2, 0.25) is 0 Å². The number of hydrogen-bond acceptors (Lipinski definition) is 3. The molecule has 22 heavy (non-hydrogen) atoms. The Morgan fingerprint density at radius 2 is 2.05 bits per heavy atom. The molecule has 0 aromatic heterocycles. The second-order valence-electron chi connectivity index (χ2n) is 5.47. The van der Waals surface area contributed by atoms with Crippen molar-refractivity contribution in [3.05, 3.63) is 64.2 Å². The minimum atomic E-state index is -1.85. The molecule has 0 fully saturated rings. The molecular formula is C17H14ClNO3. The molecule has 0 saturated carbocycles. The molecule has 4 nitrogen and oxygen atoms in total. The van der Waals surface area contributed by atoms with E-state index in [1.165, 1.54) is 6.07 Å². The summed E-state index contributed by atoms with van der Waals surface area (Å²) in [5.74, 6) is -0.919. The van der Waals surface area contributed by atoms with Crippen LogP contribution in [0.1, 0.15) is 27.9 Å². The molecule has 0 spiro atoms. The van der Waals surface area contributed by atoms with Crippen LogP contribution in [0.5, 0.6) is 0 Å². The Balaban J connectivity index is 1.96. The quantitative estimate of drug-likeness (QED) is 0.855. The van der Waals surface area contributed by atoms with E-state index in [-0.39, 0.29) is 12.2 Å². The summed E-state index contributed by atoms with van der Waals surface area (Å²) in [4.78, 5) is 24.6. The Morgan fingerprint density at radius 1 is 1.27 bits per heavy atom. The molecule has 0 aliphatic carbocycles. The smallest absolute Gasteiger partial charge is 0.261 e. The van der Waals surface area contributed by atoms with Gasteiger partial charge in [-0.2, -0.15) is 0 Å². The SMILES string of the molecule is Cc1ccc2c(c1)C(O)(CC(=O)c1cccc(Cl)c1)C(=O)N2. The molecule has 0 bridgehead atoms. The van der Waals surface area contributed by atoms with Crippen LogP contribution in [-0.2, 0) is 10.4 Å². The Kier molecular flexibility index (Phi) is 3.51. The van der Waals surface area contributed by atoms with Gasteiger partial charge < -0.3 is 10.4 Å². The Morgan fingerprint density at radius 3 is 2.77 bits per heavy atom. The third-order valence-electron chi connectivity index (χ3n) is 3.81. The highest BCUT2D eigenvalue weighted by molar-refractivity contribution is 6.31. The lowest BCUT2D eigenvalue weighted by atomic mass is 9.87. The number of nitrogens with one attached hydrogen (secondary N) is 1. The molecule has 2 aromatic carbocycles. The van der Waals surface area contributed by atoms with E-state index in [1.807, 2.05) is 13.0 Å². The van der Waals surface area contributed by atoms with Crippen molar-refractivity contribution in [1.82, 2.24) is 0 Å². The summed E-state index contributed by atoms with van der Waals surface area (Å²) in [6, 6.07) is 11.7. The minimum absolute atomic E-state index is 0.324. The van der Waals surface area contributed by atoms with Crippen LogP contribution in [0.25, 0.3) is 0 Å². The van der Waals surface area contributed by atoms with Crippen molar-refractivity contribution in [3.8, 4) is 0 Å². The number of fused-ring (bicyclic) bond motifs is 1. The van der Waals surface area contributed by atoms with Crippen molar-refractivity contribution >= 4 is 29.0 Å². The van der Waals surface area contributed by atoms with Gasteiger partial charge in [-0.25, -0.2) is 0 Å². The molecule has 3 rings (SSSR count). The number of Topliss-reactive ketones (excluding diaryl/α,β-unsaturated/α-hetero) is 1. The lowest BCUT2D eigenvalue weighted by Crippen LogP contribution is -2.36. The van der Waals surface area contributed by atoms with Gasteiger partial charge in [0.1, 0.15) is 0 Å². The first kappa shape index (κ1) is 14.8. The summed E-state index contributed by atoms with van der Waals surface area (Å²) < 4.78 is 0. The fourth-order valence-corrected chi connectivity index (χ4v) is 2.82. The molecule has 1 atom stereocenters. The van der Waals surface area contributed by atoms with Crippen molar-refractivity contribution in [2.45, 2.75) is 18.9 Å². The zero-order chi connectivity index (χ0) is 15.9. The van der Waals surface area contributed by atoms with Crippen LogP contribution in [-0.4, -0.2) is 16.8 Å². The van der Waals surface area contributed by atoms with E-state index in [4.69, 9.17) is 11.6 Å². The average molecular weight is 316 g/mol. The summed E-state index contributed by atoms with van der Waals surface area (Å²) in [5, 5.41) is 13.8. The number of carbonyl (C=O) groups is 2. The molecule has 1 unspecified atom stereocenters. The number of rotatable bonds is 3. The van der Waals surface area contributed by atoms with Crippen molar-refractivity contribution in [1.29, 1.82) is 0 Å². The molecule has 2 aromatic rings. The Hall–Kier alpha value is -2.17. The van der Waals surface area contributed by atoms with Gasteiger partial charge in [-0.1, -0.05) is 41.4 Å². The number of anilines is 1. The third-order valence-corrected chi connectivity index (χ3v) is 4.04. The number of hydrogen-bond donors (Lipinski definition) is 2. The highest BCUT2D eigenvalue weighted by Gasteiger charge is 2.46. The Bertz CT molecular complexity index is 787. The molecule has 1 heterocycles. The largest absolute Gasteiger partial charge is 0.375 e. The molecule has 2 N–H and O–H groups in total. The summed E-state index contributed by atoms with van der Waals surface area (Å²) in [6.07, 6.45) is -0.324. The normalized spacial score (nSPS) is 19.7. The zero-order valence-electron chi connectivity index (χ0n) is 11.9. The number of aliphatic hydroxyl groups is 1. The van der Waals surface area contributed by atoms with Gasteiger partial charge >= 0.3 is 0 Å². The predicted molar refractivity (Wildman–Crippen MR) is 84.1 cm³/mol. The maximum Gasteiger partial charge on any atom is 0.261 e. The summed E-state index contributed by atoms with van der Waals surface area (Å²) in [7, 11) is 0. The standard InChI is InChI=1S/C17H14ClNO3/c1-10-5-6-14-13(7-10)17(22,16(21)19-14)9-15(20)11-3-2-4-12(18)8-11/h2-8,22H,9H2,1H3,(H,19,21). The van der Waals surface area contributed by atoms with Crippen LogP contribution in [0.4, 0.5) is 5.69 Å². The van der Waals surface area contributed by atoms with Gasteiger partial charge in [0.25, 0.3) is 5.91 Å². The number of aryl methyl sites for hydroxylation is 1. The maximum absolute atomic E-state index is 12.4. The van der Waals surface area contributed by atoms with E-state index in [2.05, 4.69) is 5.32 Å². The van der Waals surface area contributed by atoms with E-state index in [1.54, 1.807) is 30.3 Å². The van der Waals surface area contributed by atoms with Gasteiger partial charge in [-0.15, -0.1) is 0 Å². The van der Waals surface area contributed by atoms with Crippen molar-refractivity contribution < 1.29 is 14.7 Å². The second kappa shape index (κ2) is 5.23. The third kappa shape index (κ3) is 2.40. The van der Waals surface area contributed by atoms with Gasteiger partial charge in [-0.05, 0) is 25.1 Å². The molecule has 0 radical (unpaired) electrons. The maximum atomic E-state index is 12.4. The minimum Gasteiger partial charge on any atom is -0.375 e. The van der Waals surface area contributed by atoms with Crippen molar-refractivity contribution in [2.75, 3.05) is 5.32 Å². The van der Waals surface area contributed by atoms with Crippen LogP contribution in [0.2, 0.25) is 5.02 Å². The second-order valence-corrected chi connectivity index (χ2v) is 5.91. The van der Waals surface area contributed by atoms with Gasteiger partial charge in [0, 0.05) is 21.8 Å². The fraction of sp³-hybridized carbons (Fsp3) is 0.176. The van der Waals surface area contributed by atoms with Crippen LogP contribution < -0.4 is 5.32 Å². The summed E-state index contributed by atoms with van der Waals surface area (Å²) in [5.41, 5.74) is 0.407. The zero-order valence-corrected chi connectivity index (χ0v) is 12.6. The van der Waals surface area contributed by atoms with Gasteiger partial charge in [0.15, 0.2) is 11.4 Å². The predicted octanol–water partition coefficient (Wildman–Crippen LogP) is 3.06. The van der Waals surface area contributed by atoms with Crippen LogP contribution in [0, 0.1) is 6.92 Å². The summed E-state index contributed by atoms with van der Waals surface area (Å²) in [6.45, 7) is 1.86. The monoisotopic (exact) mass is 315 g/mol. The molecule has 112 valence electrons. The van der Waals surface area contributed by atoms with Gasteiger partial charge in [-0.3, -0.25) is 9.59 Å². The van der Waals surface area contributed by atoms with E-state index in [0.717, 1.165) is 5.56 Å². The Labute approximate surface area is 132 Å². The first-order valence-electron chi connectivity index (χ1n) is 6.84. The van der Waals surface area contributed by atoms with Gasteiger partial charge in [0.05, 0.1) is 6.42 Å². The number of carbonyl (C=O) groups excluding carboxylic acids is 2. The molecule has 1 aliphatic rings. The number of ketones is 1. The van der Waals surface area contributed by atoms with E-state index in [0.29, 0.717) is 21.8 Å². The molecule has 1 aliphatic heterocycles. The van der Waals surface area contributed by atoms with Crippen molar-refractivity contribution in [2.24, 2.45) is 0 Å². The van der Waals surface area contributed by atoms with E-state index >= 15 is 0 Å². The molecule has 0 saturated heterocycles. The average Bonchev–Trinajstić information content (AvgIpc) is 2.71. The van der Waals surface area contributed by atoms with E-state index in [9.17, 15) is 14.7 Å². The molecule has 1 amide bonds. The summed E-state index contributed by atoms with van der Waals surface area (Å²) >= 11 is 5.88. The molecule has 5 heteroatoms. The number of benzene rings is 2. The first-order chi connectivity index (χ1) is 10.4. The lowest BCUT2D eigenvalue weighted by Gasteiger charge is -2.20. The van der Waals surface area contributed by atoms with Crippen molar-refractivity contribution in [3.63, 3.8) is 0 Å². The van der Waals surface area contributed by atoms with Crippen LogP contribution in [0.3, 0.4) is 0 Å². The topological polar surface area (TPSA) is 66.4 Å². The van der Waals surface area contributed by atoms with Crippen LogP contribution in [0.15, 0.2) is 42.5 Å². The lowest BCUT2D eigenvalue weighted by molar-refractivity contribution is -0.133. The number of halogens is 1. The molecular weight excluding hydrogens is 302 g/mol. The highest BCUT2D eigenvalue weighted by Crippen LogP contribution is 2.39. The van der Waals surface area contributed by atoms with Crippen LogP contribution >= 0.6 is 11.6 Å². The van der Waals surface area contributed by atoms with E-state index < -0.39 is 11.5 Å². The first-order valence-corrected chi connectivity index (χ1v) is 7.22. The number of amides is 1. The highest BCUT2D eigenvalue weighted by atomic mass is 35.5.